The first-order chi connectivity index (χ1) is 13.3. The molecule has 0 aromatic carbocycles. The monoisotopic (exact) mass is 382 g/mol. The smallest absolute Gasteiger partial charge is 0.0597 e. The highest BCUT2D eigenvalue weighted by Gasteiger charge is 2.22. The van der Waals surface area contributed by atoms with E-state index in [1.807, 2.05) is 0 Å². The van der Waals surface area contributed by atoms with Crippen molar-refractivity contribution >= 4 is 0 Å². The summed E-state index contributed by atoms with van der Waals surface area (Å²) in [7, 11) is 0. The summed E-state index contributed by atoms with van der Waals surface area (Å²) in [5.74, 6) is 0. The Hall–Kier alpha value is -0.120. The molecule has 2 rings (SSSR count). The maximum absolute atomic E-state index is 6.73. The van der Waals surface area contributed by atoms with Crippen molar-refractivity contribution in [3.8, 4) is 0 Å². The number of unbranched alkanes of at least 4 members (excludes halogenated alkanes) is 4. The van der Waals surface area contributed by atoms with Gasteiger partial charge < -0.3 is 14.2 Å². The average Bonchev–Trinajstić information content (AvgIpc) is 2.59. The van der Waals surface area contributed by atoms with Crippen LogP contribution in [-0.4, -0.2) is 37.6 Å². The molecule has 0 amide bonds. The number of hydrogen-bond donors (Lipinski definition) is 0. The van der Waals surface area contributed by atoms with Crippen molar-refractivity contribution in [2.75, 3.05) is 13.2 Å². The molecule has 160 valence electrons. The third kappa shape index (κ3) is 10.3. The zero-order chi connectivity index (χ0) is 19.2. The van der Waals surface area contributed by atoms with E-state index >= 15 is 0 Å². The summed E-state index contributed by atoms with van der Waals surface area (Å²) in [6, 6.07) is 0. The first kappa shape index (κ1) is 23.2. The van der Waals surface area contributed by atoms with E-state index in [1.165, 1.54) is 103 Å². The van der Waals surface area contributed by atoms with E-state index in [-0.39, 0.29) is 0 Å². The second-order valence-corrected chi connectivity index (χ2v) is 8.80. The van der Waals surface area contributed by atoms with Crippen LogP contribution in [0.15, 0.2) is 0 Å². The summed E-state index contributed by atoms with van der Waals surface area (Å²) in [6.45, 7) is 6.54. The first-order valence-corrected chi connectivity index (χ1v) is 12.2. The van der Waals surface area contributed by atoms with E-state index in [1.54, 1.807) is 0 Å². The van der Waals surface area contributed by atoms with Crippen LogP contribution in [0.4, 0.5) is 0 Å². The van der Waals surface area contributed by atoms with E-state index in [0.717, 1.165) is 13.2 Å². The van der Waals surface area contributed by atoms with E-state index in [2.05, 4.69) is 13.8 Å². The summed E-state index contributed by atoms with van der Waals surface area (Å²) in [5.41, 5.74) is 0. The second kappa shape index (κ2) is 14.8. The normalized spacial score (nSPS) is 24.2. The maximum atomic E-state index is 6.73. The van der Waals surface area contributed by atoms with Crippen LogP contribution in [0.2, 0.25) is 0 Å². The molecular formula is C24H46O3. The molecule has 2 aliphatic rings. The van der Waals surface area contributed by atoms with Gasteiger partial charge in [0.1, 0.15) is 0 Å². The average molecular weight is 383 g/mol. The van der Waals surface area contributed by atoms with Gasteiger partial charge in [-0.05, 0) is 64.2 Å². The van der Waals surface area contributed by atoms with Gasteiger partial charge in [-0.1, -0.05) is 52.4 Å². The van der Waals surface area contributed by atoms with E-state index < -0.39 is 0 Å². The summed E-state index contributed by atoms with van der Waals surface area (Å²) in [5, 5.41) is 0. The van der Waals surface area contributed by atoms with Crippen LogP contribution in [0, 0.1) is 0 Å². The Morgan fingerprint density at radius 3 is 1.41 bits per heavy atom. The molecule has 3 nitrogen and oxygen atoms in total. The largest absolute Gasteiger partial charge is 0.378 e. The minimum absolute atomic E-state index is 0.461. The van der Waals surface area contributed by atoms with Gasteiger partial charge in [0.05, 0.1) is 24.4 Å². The molecule has 0 N–H and O–H groups in total. The van der Waals surface area contributed by atoms with Crippen LogP contribution in [-0.2, 0) is 14.2 Å². The lowest BCUT2D eigenvalue weighted by Crippen LogP contribution is -2.28. The molecule has 0 aliphatic carbocycles. The van der Waals surface area contributed by atoms with Crippen LogP contribution in [0.5, 0.6) is 0 Å². The van der Waals surface area contributed by atoms with Gasteiger partial charge in [-0.25, -0.2) is 0 Å². The quantitative estimate of drug-likeness (QED) is 0.243. The molecule has 4 atom stereocenters. The number of rotatable bonds is 18. The highest BCUT2D eigenvalue weighted by Crippen LogP contribution is 2.25. The Bertz CT molecular complexity index is 307. The molecule has 2 fully saturated rings. The Morgan fingerprint density at radius 1 is 0.667 bits per heavy atom. The summed E-state index contributed by atoms with van der Waals surface area (Å²) in [4.78, 5) is 0. The lowest BCUT2D eigenvalue weighted by Gasteiger charge is -2.29. The Kier molecular flexibility index (Phi) is 12.7. The zero-order valence-corrected chi connectivity index (χ0v) is 18.3. The van der Waals surface area contributed by atoms with Gasteiger partial charge in [0.2, 0.25) is 0 Å². The first-order valence-electron chi connectivity index (χ1n) is 12.2. The Balaban J connectivity index is 1.72. The van der Waals surface area contributed by atoms with Crippen LogP contribution in [0.25, 0.3) is 0 Å². The highest BCUT2D eigenvalue weighted by molar-refractivity contribution is 4.72. The van der Waals surface area contributed by atoms with Crippen molar-refractivity contribution in [2.45, 2.75) is 141 Å². The van der Waals surface area contributed by atoms with Crippen molar-refractivity contribution in [1.29, 1.82) is 0 Å². The van der Waals surface area contributed by atoms with Gasteiger partial charge in [0, 0.05) is 13.2 Å². The van der Waals surface area contributed by atoms with Crippen LogP contribution in [0.1, 0.15) is 117 Å². The Labute approximate surface area is 168 Å². The molecule has 2 heterocycles. The van der Waals surface area contributed by atoms with Crippen LogP contribution < -0.4 is 0 Å². The SMILES string of the molecule is CCCCCC(CCCC1CCO1)OC(CCCCC)CCCC1CCO1. The molecule has 0 bridgehead atoms. The fraction of sp³-hybridized carbons (Fsp3) is 1.00. The third-order valence-electron chi connectivity index (χ3n) is 6.34. The highest BCUT2D eigenvalue weighted by atomic mass is 16.5. The van der Waals surface area contributed by atoms with Gasteiger partial charge in [-0.3, -0.25) is 0 Å². The predicted octanol–water partition coefficient (Wildman–Crippen LogP) is 6.82. The van der Waals surface area contributed by atoms with Crippen molar-refractivity contribution in [3.63, 3.8) is 0 Å². The van der Waals surface area contributed by atoms with Crippen molar-refractivity contribution in [2.24, 2.45) is 0 Å². The predicted molar refractivity (Wildman–Crippen MR) is 113 cm³/mol. The van der Waals surface area contributed by atoms with Crippen molar-refractivity contribution in [3.05, 3.63) is 0 Å². The molecule has 0 aromatic rings. The second-order valence-electron chi connectivity index (χ2n) is 8.80. The van der Waals surface area contributed by atoms with Crippen LogP contribution in [0.3, 0.4) is 0 Å². The lowest BCUT2D eigenvalue weighted by molar-refractivity contribution is -0.0669. The molecule has 0 saturated carbocycles. The molecule has 27 heavy (non-hydrogen) atoms. The summed E-state index contributed by atoms with van der Waals surface area (Å²) in [6.07, 6.45) is 22.4. The number of ether oxygens (including phenoxy) is 3. The van der Waals surface area contributed by atoms with Gasteiger partial charge in [-0.15, -0.1) is 0 Å². The van der Waals surface area contributed by atoms with Crippen molar-refractivity contribution in [1.82, 2.24) is 0 Å². The minimum atomic E-state index is 0.461. The Morgan fingerprint density at radius 2 is 1.07 bits per heavy atom. The van der Waals surface area contributed by atoms with E-state index in [9.17, 15) is 0 Å². The maximum Gasteiger partial charge on any atom is 0.0597 e. The summed E-state index contributed by atoms with van der Waals surface area (Å²) >= 11 is 0. The number of hydrogen-bond acceptors (Lipinski definition) is 3. The molecule has 2 saturated heterocycles. The lowest BCUT2D eigenvalue weighted by atomic mass is 9.99. The van der Waals surface area contributed by atoms with Gasteiger partial charge in [0.25, 0.3) is 0 Å². The van der Waals surface area contributed by atoms with E-state index in [0.29, 0.717) is 24.4 Å². The molecule has 0 aromatic heterocycles. The minimum Gasteiger partial charge on any atom is -0.378 e. The fourth-order valence-corrected chi connectivity index (χ4v) is 4.25. The molecule has 2 aliphatic heterocycles. The van der Waals surface area contributed by atoms with Gasteiger partial charge in [0.15, 0.2) is 0 Å². The molecule has 0 radical (unpaired) electrons. The molecule has 3 heteroatoms. The molecule has 0 spiro atoms. The molecular weight excluding hydrogens is 336 g/mol. The molecule has 4 unspecified atom stereocenters. The van der Waals surface area contributed by atoms with Crippen LogP contribution >= 0.6 is 0 Å². The van der Waals surface area contributed by atoms with Crippen molar-refractivity contribution < 1.29 is 14.2 Å². The zero-order valence-electron chi connectivity index (χ0n) is 18.3. The van der Waals surface area contributed by atoms with Gasteiger partial charge >= 0.3 is 0 Å². The van der Waals surface area contributed by atoms with Gasteiger partial charge in [-0.2, -0.15) is 0 Å². The standard InChI is InChI=1S/C24H46O3/c1-3-5-7-11-23(15-9-13-21-17-19-25-21)27-24(12-8-6-4-2)16-10-14-22-18-20-26-22/h21-24H,3-20H2,1-2H3. The van der Waals surface area contributed by atoms with E-state index in [4.69, 9.17) is 14.2 Å². The third-order valence-corrected chi connectivity index (χ3v) is 6.34. The fourth-order valence-electron chi connectivity index (χ4n) is 4.25. The topological polar surface area (TPSA) is 27.7 Å². The summed E-state index contributed by atoms with van der Waals surface area (Å²) < 4.78 is 17.9.